The van der Waals surface area contributed by atoms with Crippen molar-refractivity contribution in [1.82, 2.24) is 0 Å². The van der Waals surface area contributed by atoms with Crippen LogP contribution in [0.1, 0.15) is 5.76 Å². The summed E-state index contributed by atoms with van der Waals surface area (Å²) in [7, 11) is -3.39. The summed E-state index contributed by atoms with van der Waals surface area (Å²) < 4.78 is 31.3. The first-order valence-electron chi connectivity index (χ1n) is 6.67. The van der Waals surface area contributed by atoms with Crippen molar-refractivity contribution in [2.75, 3.05) is 0 Å². The molecule has 0 aliphatic carbocycles. The Labute approximate surface area is 137 Å². The van der Waals surface area contributed by atoms with E-state index in [1.807, 2.05) is 24.3 Å². The number of sulfone groups is 1. The number of rotatable bonds is 4. The maximum atomic E-state index is 12.3. The summed E-state index contributed by atoms with van der Waals surface area (Å²) in [5.74, 6) is 0.945. The molecule has 0 N–H and O–H groups in total. The summed E-state index contributed by atoms with van der Waals surface area (Å²) in [6, 6.07) is 19.5. The van der Waals surface area contributed by atoms with Gasteiger partial charge in [0.05, 0.1) is 4.90 Å². The first kappa shape index (κ1) is 15.1. The zero-order chi connectivity index (χ0) is 15.6. The second-order valence-corrected chi connectivity index (χ2v) is 7.75. The number of hydrogen-bond acceptors (Lipinski definition) is 3. The fraction of sp³-hybridized carbons (Fsp3) is 0.0588. The molecule has 0 unspecified atom stereocenters. The molecule has 0 aliphatic heterocycles. The maximum absolute atomic E-state index is 12.3. The molecule has 0 aliphatic rings. The SMILES string of the molecule is O=S(=O)(Cc1ccc(-c2ccc(Br)cc2)o1)c1ccccc1. The van der Waals surface area contributed by atoms with Gasteiger partial charge in [0.25, 0.3) is 0 Å². The third-order valence-corrected chi connectivity index (χ3v) is 5.41. The minimum absolute atomic E-state index is 0.145. The Morgan fingerprint density at radius 1 is 0.864 bits per heavy atom. The molecule has 0 atom stereocenters. The molecule has 5 heteroatoms. The van der Waals surface area contributed by atoms with E-state index >= 15 is 0 Å². The van der Waals surface area contributed by atoms with Crippen LogP contribution in [0.4, 0.5) is 0 Å². The third-order valence-electron chi connectivity index (χ3n) is 3.22. The topological polar surface area (TPSA) is 47.3 Å². The largest absolute Gasteiger partial charge is 0.460 e. The second kappa shape index (κ2) is 6.10. The smallest absolute Gasteiger partial charge is 0.185 e. The molecule has 0 bridgehead atoms. The van der Waals surface area contributed by atoms with Gasteiger partial charge < -0.3 is 4.42 Å². The van der Waals surface area contributed by atoms with Crippen LogP contribution >= 0.6 is 15.9 Å². The molecule has 3 rings (SSSR count). The van der Waals surface area contributed by atoms with Gasteiger partial charge in [0.1, 0.15) is 17.3 Å². The van der Waals surface area contributed by atoms with Crippen LogP contribution in [0.25, 0.3) is 11.3 Å². The summed E-state index contributed by atoms with van der Waals surface area (Å²) in [6.07, 6.45) is 0. The van der Waals surface area contributed by atoms with Crippen LogP contribution < -0.4 is 0 Å². The first-order valence-corrected chi connectivity index (χ1v) is 9.11. The van der Waals surface area contributed by atoms with Crippen LogP contribution in [0.15, 0.2) is 80.5 Å². The number of furan rings is 1. The van der Waals surface area contributed by atoms with E-state index in [0.717, 1.165) is 10.0 Å². The Bertz CT molecular complexity index is 866. The van der Waals surface area contributed by atoms with Crippen molar-refractivity contribution < 1.29 is 12.8 Å². The Hall–Kier alpha value is -1.85. The minimum atomic E-state index is -3.39. The van der Waals surface area contributed by atoms with Crippen LogP contribution in [0.3, 0.4) is 0 Å². The van der Waals surface area contributed by atoms with Crippen LogP contribution in [0.2, 0.25) is 0 Å². The summed E-state index contributed by atoms with van der Waals surface area (Å²) in [6.45, 7) is 0. The highest BCUT2D eigenvalue weighted by atomic mass is 79.9. The molecule has 1 aromatic heterocycles. The van der Waals surface area contributed by atoms with Crippen LogP contribution in [-0.2, 0) is 15.6 Å². The van der Waals surface area contributed by atoms with Gasteiger partial charge in [-0.25, -0.2) is 8.42 Å². The van der Waals surface area contributed by atoms with E-state index in [2.05, 4.69) is 15.9 Å². The standard InChI is InChI=1S/C17H13BrO3S/c18-14-8-6-13(7-9-14)17-11-10-15(21-17)12-22(19,20)16-4-2-1-3-5-16/h1-11H,12H2. The molecule has 0 saturated carbocycles. The normalized spacial score (nSPS) is 11.5. The highest BCUT2D eigenvalue weighted by Gasteiger charge is 2.17. The predicted molar refractivity (Wildman–Crippen MR) is 89.2 cm³/mol. The van der Waals surface area contributed by atoms with Crippen molar-refractivity contribution in [3.63, 3.8) is 0 Å². The molecular weight excluding hydrogens is 364 g/mol. The van der Waals surface area contributed by atoms with Gasteiger partial charge >= 0.3 is 0 Å². The maximum Gasteiger partial charge on any atom is 0.185 e. The molecule has 22 heavy (non-hydrogen) atoms. The van der Waals surface area contributed by atoms with Crippen LogP contribution in [-0.4, -0.2) is 8.42 Å². The Morgan fingerprint density at radius 3 is 2.23 bits per heavy atom. The van der Waals surface area contributed by atoms with E-state index in [1.54, 1.807) is 42.5 Å². The lowest BCUT2D eigenvalue weighted by molar-refractivity contribution is 0.532. The van der Waals surface area contributed by atoms with Gasteiger partial charge in [-0.3, -0.25) is 0 Å². The van der Waals surface area contributed by atoms with Gasteiger partial charge in [-0.15, -0.1) is 0 Å². The number of benzene rings is 2. The summed E-state index contributed by atoms with van der Waals surface area (Å²) in [5, 5.41) is 0. The molecule has 0 spiro atoms. The lowest BCUT2D eigenvalue weighted by Gasteiger charge is -2.02. The zero-order valence-electron chi connectivity index (χ0n) is 11.6. The highest BCUT2D eigenvalue weighted by Crippen LogP contribution is 2.26. The average molecular weight is 377 g/mol. The fourth-order valence-corrected chi connectivity index (χ4v) is 3.66. The molecular formula is C17H13BrO3S. The second-order valence-electron chi connectivity index (χ2n) is 4.84. The fourth-order valence-electron chi connectivity index (χ4n) is 2.12. The van der Waals surface area contributed by atoms with Crippen molar-refractivity contribution >= 4 is 25.8 Å². The van der Waals surface area contributed by atoms with E-state index in [4.69, 9.17) is 4.42 Å². The van der Waals surface area contributed by atoms with Gasteiger partial charge in [0, 0.05) is 10.0 Å². The molecule has 0 amide bonds. The molecule has 3 nitrogen and oxygen atoms in total. The highest BCUT2D eigenvalue weighted by molar-refractivity contribution is 9.10. The number of hydrogen-bond donors (Lipinski definition) is 0. The van der Waals surface area contributed by atoms with E-state index < -0.39 is 9.84 Å². The zero-order valence-corrected chi connectivity index (χ0v) is 14.0. The molecule has 0 saturated heterocycles. The van der Waals surface area contributed by atoms with E-state index in [0.29, 0.717) is 16.4 Å². The summed E-state index contributed by atoms with van der Waals surface area (Å²) >= 11 is 3.38. The van der Waals surface area contributed by atoms with Crippen LogP contribution in [0.5, 0.6) is 0 Å². The molecule has 2 aromatic carbocycles. The van der Waals surface area contributed by atoms with Gasteiger partial charge in [0.15, 0.2) is 9.84 Å². The van der Waals surface area contributed by atoms with Crippen molar-refractivity contribution in [2.24, 2.45) is 0 Å². The van der Waals surface area contributed by atoms with E-state index in [-0.39, 0.29) is 5.75 Å². The quantitative estimate of drug-likeness (QED) is 0.663. The lowest BCUT2D eigenvalue weighted by atomic mass is 10.2. The monoisotopic (exact) mass is 376 g/mol. The molecule has 0 fully saturated rings. The molecule has 3 aromatic rings. The Kier molecular flexibility index (Phi) is 4.18. The minimum Gasteiger partial charge on any atom is -0.460 e. The Morgan fingerprint density at radius 2 is 1.55 bits per heavy atom. The number of halogens is 1. The van der Waals surface area contributed by atoms with E-state index in [9.17, 15) is 8.42 Å². The summed E-state index contributed by atoms with van der Waals surface area (Å²) in [4.78, 5) is 0.302. The van der Waals surface area contributed by atoms with Gasteiger partial charge in [-0.05, 0) is 36.4 Å². The van der Waals surface area contributed by atoms with Crippen molar-refractivity contribution in [3.8, 4) is 11.3 Å². The van der Waals surface area contributed by atoms with Gasteiger partial charge in [-0.1, -0.05) is 46.3 Å². The summed E-state index contributed by atoms with van der Waals surface area (Å²) in [5.41, 5.74) is 0.909. The van der Waals surface area contributed by atoms with E-state index in [1.165, 1.54) is 0 Å². The van der Waals surface area contributed by atoms with Crippen molar-refractivity contribution in [2.45, 2.75) is 10.6 Å². The average Bonchev–Trinajstić information content (AvgIpc) is 2.97. The van der Waals surface area contributed by atoms with Gasteiger partial charge in [0.2, 0.25) is 0 Å². The Balaban J connectivity index is 1.84. The van der Waals surface area contributed by atoms with Crippen molar-refractivity contribution in [3.05, 3.63) is 77.0 Å². The molecule has 112 valence electrons. The van der Waals surface area contributed by atoms with Gasteiger partial charge in [-0.2, -0.15) is 0 Å². The third kappa shape index (κ3) is 3.31. The molecule has 1 heterocycles. The van der Waals surface area contributed by atoms with Crippen LogP contribution in [0, 0.1) is 0 Å². The van der Waals surface area contributed by atoms with Crippen molar-refractivity contribution in [1.29, 1.82) is 0 Å². The predicted octanol–water partition coefficient (Wildman–Crippen LogP) is 4.68. The first-order chi connectivity index (χ1) is 10.5. The lowest BCUT2D eigenvalue weighted by Crippen LogP contribution is -2.03. The molecule has 0 radical (unpaired) electrons.